The van der Waals surface area contributed by atoms with E-state index in [1.54, 1.807) is 11.3 Å². The summed E-state index contributed by atoms with van der Waals surface area (Å²) < 4.78 is 5.40. The van der Waals surface area contributed by atoms with Crippen molar-refractivity contribution in [1.29, 1.82) is 0 Å². The lowest BCUT2D eigenvalue weighted by Gasteiger charge is -2.11. The second kappa shape index (κ2) is 3.94. The molecule has 0 aliphatic carbocycles. The molecule has 0 saturated heterocycles. The summed E-state index contributed by atoms with van der Waals surface area (Å²) in [4.78, 5) is 0. The highest BCUT2D eigenvalue weighted by Gasteiger charge is 2.14. The van der Waals surface area contributed by atoms with E-state index in [2.05, 4.69) is 22.9 Å². The van der Waals surface area contributed by atoms with Crippen LogP contribution in [0.4, 0.5) is 0 Å². The minimum Gasteiger partial charge on any atom is -0.496 e. The Morgan fingerprint density at radius 2 is 2.54 bits per heavy atom. The Kier molecular flexibility index (Phi) is 2.66. The van der Waals surface area contributed by atoms with E-state index < -0.39 is 0 Å². The number of hydrogen-bond donors (Lipinski definition) is 1. The number of rotatable bonds is 3. The van der Waals surface area contributed by atoms with Crippen LogP contribution in [0, 0.1) is 0 Å². The van der Waals surface area contributed by atoms with Gasteiger partial charge < -0.3 is 10.5 Å². The van der Waals surface area contributed by atoms with Gasteiger partial charge in [-0.3, -0.25) is 0 Å². The molecule has 2 rings (SSSR count). The lowest BCUT2D eigenvalue weighted by atomic mass is 10.1. The largest absolute Gasteiger partial charge is 0.496 e. The molecule has 3 heteroatoms. The zero-order chi connectivity index (χ0) is 9.10. The summed E-state index contributed by atoms with van der Waals surface area (Å²) in [6.45, 7) is 0.798. The summed E-state index contributed by atoms with van der Waals surface area (Å²) in [5, 5.41) is 4.21. The number of ether oxygens (including phenoxy) is 1. The van der Waals surface area contributed by atoms with Gasteiger partial charge in [0.15, 0.2) is 0 Å². The Balaban J connectivity index is 1.95. The first kappa shape index (κ1) is 8.78. The minimum absolute atomic E-state index is 0.0390. The Hall–Kier alpha value is -0.800. The highest BCUT2D eigenvalue weighted by Crippen LogP contribution is 2.16. The van der Waals surface area contributed by atoms with Crippen LogP contribution in [0.25, 0.3) is 0 Å². The average Bonchev–Trinajstić information content (AvgIpc) is 2.74. The van der Waals surface area contributed by atoms with Crippen molar-refractivity contribution in [1.82, 2.24) is 0 Å². The Morgan fingerprint density at radius 1 is 1.62 bits per heavy atom. The standard InChI is InChI=1S/C10H13NOS/c11-9(10-2-1-4-12-10)6-8-3-5-13-7-8/h2-3,5,7,9H,1,4,6,11H2. The van der Waals surface area contributed by atoms with Crippen molar-refractivity contribution in [3.05, 3.63) is 34.2 Å². The number of hydrogen-bond acceptors (Lipinski definition) is 3. The van der Waals surface area contributed by atoms with Gasteiger partial charge in [0.1, 0.15) is 5.76 Å². The van der Waals surface area contributed by atoms with Gasteiger partial charge in [-0.15, -0.1) is 0 Å². The molecule has 1 aliphatic heterocycles. The van der Waals surface area contributed by atoms with Crippen LogP contribution in [0.5, 0.6) is 0 Å². The monoisotopic (exact) mass is 195 g/mol. The van der Waals surface area contributed by atoms with E-state index >= 15 is 0 Å². The van der Waals surface area contributed by atoms with Crippen molar-refractivity contribution in [3.8, 4) is 0 Å². The van der Waals surface area contributed by atoms with Gasteiger partial charge in [0, 0.05) is 6.42 Å². The van der Waals surface area contributed by atoms with Crippen molar-refractivity contribution in [2.45, 2.75) is 18.9 Å². The van der Waals surface area contributed by atoms with Crippen molar-refractivity contribution in [2.24, 2.45) is 5.73 Å². The normalized spacial score (nSPS) is 18.1. The molecule has 1 aromatic heterocycles. The van der Waals surface area contributed by atoms with E-state index in [0.29, 0.717) is 0 Å². The maximum atomic E-state index is 5.98. The molecule has 1 aromatic rings. The highest BCUT2D eigenvalue weighted by molar-refractivity contribution is 7.07. The molecular weight excluding hydrogens is 182 g/mol. The van der Waals surface area contributed by atoms with Crippen LogP contribution in [0.3, 0.4) is 0 Å². The second-order valence-corrected chi connectivity index (χ2v) is 3.97. The van der Waals surface area contributed by atoms with Gasteiger partial charge in [0.25, 0.3) is 0 Å². The quantitative estimate of drug-likeness (QED) is 0.799. The fourth-order valence-electron chi connectivity index (χ4n) is 1.46. The van der Waals surface area contributed by atoms with Crippen LogP contribution < -0.4 is 5.73 Å². The van der Waals surface area contributed by atoms with Crippen molar-refractivity contribution in [2.75, 3.05) is 6.61 Å². The number of nitrogens with two attached hydrogens (primary N) is 1. The minimum atomic E-state index is 0.0390. The maximum absolute atomic E-state index is 5.98. The van der Waals surface area contributed by atoms with Crippen LogP contribution >= 0.6 is 11.3 Å². The van der Waals surface area contributed by atoms with E-state index in [0.717, 1.165) is 25.2 Å². The average molecular weight is 195 g/mol. The summed E-state index contributed by atoms with van der Waals surface area (Å²) >= 11 is 1.71. The predicted octanol–water partition coefficient (Wildman–Crippen LogP) is 1.92. The van der Waals surface area contributed by atoms with Gasteiger partial charge in [0.05, 0.1) is 12.6 Å². The van der Waals surface area contributed by atoms with Crippen LogP contribution in [-0.4, -0.2) is 12.6 Å². The first-order valence-corrected chi connectivity index (χ1v) is 5.40. The SMILES string of the molecule is NC(Cc1ccsc1)C1=CCCO1. The van der Waals surface area contributed by atoms with E-state index in [9.17, 15) is 0 Å². The lowest BCUT2D eigenvalue weighted by Crippen LogP contribution is -2.25. The lowest BCUT2D eigenvalue weighted by molar-refractivity contribution is 0.224. The molecule has 1 atom stereocenters. The molecule has 70 valence electrons. The molecule has 0 aromatic carbocycles. The molecule has 2 nitrogen and oxygen atoms in total. The fourth-order valence-corrected chi connectivity index (χ4v) is 2.14. The predicted molar refractivity (Wildman–Crippen MR) is 54.7 cm³/mol. The Morgan fingerprint density at radius 3 is 3.15 bits per heavy atom. The third kappa shape index (κ3) is 2.11. The van der Waals surface area contributed by atoms with Crippen LogP contribution in [0.2, 0.25) is 0 Å². The molecule has 13 heavy (non-hydrogen) atoms. The Labute approximate surface area is 82.0 Å². The van der Waals surface area contributed by atoms with E-state index in [-0.39, 0.29) is 6.04 Å². The molecule has 2 heterocycles. The van der Waals surface area contributed by atoms with Crippen molar-refractivity contribution in [3.63, 3.8) is 0 Å². The van der Waals surface area contributed by atoms with Crippen molar-refractivity contribution >= 4 is 11.3 Å². The van der Waals surface area contributed by atoms with Crippen LogP contribution in [0.15, 0.2) is 28.7 Å². The van der Waals surface area contributed by atoms with Gasteiger partial charge in [-0.25, -0.2) is 0 Å². The van der Waals surface area contributed by atoms with Gasteiger partial charge in [-0.05, 0) is 34.9 Å². The van der Waals surface area contributed by atoms with E-state index in [1.165, 1.54) is 5.56 Å². The zero-order valence-electron chi connectivity index (χ0n) is 7.40. The summed E-state index contributed by atoms with van der Waals surface area (Å²) in [6.07, 6.45) is 3.99. The molecule has 0 bridgehead atoms. The van der Waals surface area contributed by atoms with Crippen molar-refractivity contribution < 1.29 is 4.74 Å². The topological polar surface area (TPSA) is 35.2 Å². The first-order chi connectivity index (χ1) is 6.36. The fraction of sp³-hybridized carbons (Fsp3) is 0.400. The van der Waals surface area contributed by atoms with E-state index in [4.69, 9.17) is 10.5 Å². The molecule has 0 saturated carbocycles. The summed E-state index contributed by atoms with van der Waals surface area (Å²) in [5.41, 5.74) is 7.28. The van der Waals surface area contributed by atoms with Gasteiger partial charge in [-0.2, -0.15) is 11.3 Å². The third-order valence-corrected chi connectivity index (χ3v) is 2.87. The molecule has 0 radical (unpaired) electrons. The zero-order valence-corrected chi connectivity index (χ0v) is 8.22. The van der Waals surface area contributed by atoms with Crippen LogP contribution in [-0.2, 0) is 11.2 Å². The summed E-state index contributed by atoms with van der Waals surface area (Å²) in [5.74, 6) is 0.964. The highest BCUT2D eigenvalue weighted by atomic mass is 32.1. The van der Waals surface area contributed by atoms with Gasteiger partial charge >= 0.3 is 0 Å². The molecular formula is C10H13NOS. The molecule has 0 spiro atoms. The van der Waals surface area contributed by atoms with Crippen LogP contribution in [0.1, 0.15) is 12.0 Å². The second-order valence-electron chi connectivity index (χ2n) is 3.19. The molecule has 2 N–H and O–H groups in total. The first-order valence-electron chi connectivity index (χ1n) is 4.46. The van der Waals surface area contributed by atoms with Gasteiger partial charge in [-0.1, -0.05) is 0 Å². The number of thiophene rings is 1. The molecule has 1 unspecified atom stereocenters. The molecule has 0 amide bonds. The summed E-state index contributed by atoms with van der Waals surface area (Å²) in [6, 6.07) is 2.15. The molecule has 1 aliphatic rings. The molecule has 0 fully saturated rings. The van der Waals surface area contributed by atoms with E-state index in [1.807, 2.05) is 0 Å². The Bertz CT molecular complexity index is 292. The third-order valence-electron chi connectivity index (χ3n) is 2.13. The van der Waals surface area contributed by atoms with Gasteiger partial charge in [0.2, 0.25) is 0 Å². The smallest absolute Gasteiger partial charge is 0.109 e. The summed E-state index contributed by atoms with van der Waals surface area (Å²) in [7, 11) is 0. The maximum Gasteiger partial charge on any atom is 0.109 e.